The number of aryl methyl sites for hydroxylation is 1. The van der Waals surface area contributed by atoms with Gasteiger partial charge in [-0.05, 0) is 24.5 Å². The summed E-state index contributed by atoms with van der Waals surface area (Å²) in [7, 11) is 0. The predicted octanol–water partition coefficient (Wildman–Crippen LogP) is 3.95. The van der Waals surface area contributed by atoms with Crippen LogP contribution in [0.1, 0.15) is 63.9 Å². The number of carbonyl (C=O) groups is 2. The summed E-state index contributed by atoms with van der Waals surface area (Å²) in [6.07, 6.45) is 8.38. The van der Waals surface area contributed by atoms with Crippen molar-refractivity contribution in [1.29, 1.82) is 0 Å². The van der Waals surface area contributed by atoms with Crippen LogP contribution in [0.15, 0.2) is 18.2 Å². The molecule has 4 nitrogen and oxygen atoms in total. The SMILES string of the molecule is CCCCCCCCc1cccc(O)c1N1C(=O)CCC1=O. The molecule has 1 aromatic rings. The minimum atomic E-state index is -0.212. The number of imide groups is 1. The van der Waals surface area contributed by atoms with E-state index in [0.29, 0.717) is 5.69 Å². The number of anilines is 1. The van der Waals surface area contributed by atoms with E-state index in [0.717, 1.165) is 24.8 Å². The van der Waals surface area contributed by atoms with E-state index >= 15 is 0 Å². The van der Waals surface area contributed by atoms with Crippen LogP contribution in [0.5, 0.6) is 5.75 Å². The third kappa shape index (κ3) is 3.87. The summed E-state index contributed by atoms with van der Waals surface area (Å²) in [6.45, 7) is 2.20. The van der Waals surface area contributed by atoms with Crippen molar-refractivity contribution in [2.45, 2.75) is 64.7 Å². The Bertz CT molecular complexity index is 523. The van der Waals surface area contributed by atoms with Gasteiger partial charge >= 0.3 is 0 Å². The van der Waals surface area contributed by atoms with Crippen molar-refractivity contribution in [1.82, 2.24) is 0 Å². The van der Waals surface area contributed by atoms with Crippen molar-refractivity contribution in [3.05, 3.63) is 23.8 Å². The highest BCUT2D eigenvalue weighted by atomic mass is 16.3. The van der Waals surface area contributed by atoms with Gasteiger partial charge in [0.25, 0.3) is 0 Å². The van der Waals surface area contributed by atoms with Crippen LogP contribution in [-0.2, 0) is 16.0 Å². The lowest BCUT2D eigenvalue weighted by molar-refractivity contribution is -0.121. The number of aromatic hydroxyl groups is 1. The van der Waals surface area contributed by atoms with Crippen molar-refractivity contribution in [3.8, 4) is 5.75 Å². The summed E-state index contributed by atoms with van der Waals surface area (Å²) >= 11 is 0. The fraction of sp³-hybridized carbons (Fsp3) is 0.556. The second-order valence-electron chi connectivity index (χ2n) is 5.93. The van der Waals surface area contributed by atoms with Gasteiger partial charge < -0.3 is 5.11 Å². The Morgan fingerprint density at radius 2 is 1.64 bits per heavy atom. The first-order chi connectivity index (χ1) is 10.6. The highest BCUT2D eigenvalue weighted by Crippen LogP contribution is 2.35. The molecule has 0 saturated carbocycles. The zero-order chi connectivity index (χ0) is 15.9. The topological polar surface area (TPSA) is 57.6 Å². The van der Waals surface area contributed by atoms with Gasteiger partial charge in [-0.3, -0.25) is 9.59 Å². The van der Waals surface area contributed by atoms with Crippen molar-refractivity contribution in [2.75, 3.05) is 4.90 Å². The van der Waals surface area contributed by atoms with Gasteiger partial charge in [0.2, 0.25) is 11.8 Å². The molecule has 0 unspecified atom stereocenters. The smallest absolute Gasteiger partial charge is 0.234 e. The normalized spacial score (nSPS) is 14.9. The summed E-state index contributed by atoms with van der Waals surface area (Å²) < 4.78 is 0. The Hall–Kier alpha value is -1.84. The number of benzene rings is 1. The van der Waals surface area contributed by atoms with E-state index in [1.807, 2.05) is 6.07 Å². The number of amides is 2. The first-order valence-electron chi connectivity index (χ1n) is 8.31. The Labute approximate surface area is 132 Å². The highest BCUT2D eigenvalue weighted by Gasteiger charge is 2.33. The van der Waals surface area contributed by atoms with Crippen LogP contribution in [0.4, 0.5) is 5.69 Å². The van der Waals surface area contributed by atoms with Crippen LogP contribution in [-0.4, -0.2) is 16.9 Å². The first-order valence-corrected chi connectivity index (χ1v) is 8.31. The van der Waals surface area contributed by atoms with Crippen LogP contribution in [0.25, 0.3) is 0 Å². The summed E-state index contributed by atoms with van der Waals surface area (Å²) in [6, 6.07) is 5.22. The van der Waals surface area contributed by atoms with Crippen LogP contribution in [0, 0.1) is 0 Å². The standard InChI is InChI=1S/C18H25NO3/c1-2-3-4-5-6-7-9-14-10-8-11-15(20)18(14)19-16(21)12-13-17(19)22/h8,10-11,20H,2-7,9,12-13H2,1H3. The Morgan fingerprint density at radius 1 is 1.00 bits per heavy atom. The number of phenolic OH excluding ortho intramolecular Hbond substituents is 1. The maximum atomic E-state index is 11.9. The van der Waals surface area contributed by atoms with Crippen LogP contribution < -0.4 is 4.90 Å². The largest absolute Gasteiger partial charge is 0.506 e. The molecular weight excluding hydrogens is 278 g/mol. The second-order valence-corrected chi connectivity index (χ2v) is 5.93. The molecule has 2 amide bonds. The zero-order valence-corrected chi connectivity index (χ0v) is 13.3. The van der Waals surface area contributed by atoms with E-state index in [4.69, 9.17) is 0 Å². The monoisotopic (exact) mass is 303 g/mol. The van der Waals surface area contributed by atoms with Crippen LogP contribution >= 0.6 is 0 Å². The number of hydrogen-bond donors (Lipinski definition) is 1. The van der Waals surface area contributed by atoms with Gasteiger partial charge in [-0.1, -0.05) is 51.2 Å². The fourth-order valence-electron chi connectivity index (χ4n) is 2.96. The van der Waals surface area contributed by atoms with Crippen LogP contribution in [0.2, 0.25) is 0 Å². The summed E-state index contributed by atoms with van der Waals surface area (Å²) in [5, 5.41) is 10.1. The quantitative estimate of drug-likeness (QED) is 0.584. The molecular formula is C18H25NO3. The third-order valence-corrected chi connectivity index (χ3v) is 4.17. The van der Waals surface area contributed by atoms with E-state index < -0.39 is 0 Å². The number of para-hydroxylation sites is 1. The number of hydrogen-bond acceptors (Lipinski definition) is 3. The fourth-order valence-corrected chi connectivity index (χ4v) is 2.96. The molecule has 4 heteroatoms. The zero-order valence-electron chi connectivity index (χ0n) is 13.3. The second kappa shape index (κ2) is 7.97. The lowest BCUT2D eigenvalue weighted by Crippen LogP contribution is -2.29. The highest BCUT2D eigenvalue weighted by molar-refractivity contribution is 6.20. The Kier molecular flexibility index (Phi) is 5.99. The van der Waals surface area contributed by atoms with Crippen molar-refractivity contribution in [3.63, 3.8) is 0 Å². The lowest BCUT2D eigenvalue weighted by Gasteiger charge is -2.19. The average molecular weight is 303 g/mol. The molecule has 1 aliphatic rings. The van der Waals surface area contributed by atoms with Crippen LogP contribution in [0.3, 0.4) is 0 Å². The van der Waals surface area contributed by atoms with E-state index in [1.165, 1.54) is 30.6 Å². The summed E-state index contributed by atoms with van der Waals surface area (Å²) in [5.41, 5.74) is 1.29. The molecule has 1 aliphatic heterocycles. The summed E-state index contributed by atoms with van der Waals surface area (Å²) in [4.78, 5) is 25.0. The van der Waals surface area contributed by atoms with E-state index in [9.17, 15) is 14.7 Å². The first kappa shape index (κ1) is 16.5. The minimum Gasteiger partial charge on any atom is -0.506 e. The molecule has 22 heavy (non-hydrogen) atoms. The maximum Gasteiger partial charge on any atom is 0.234 e. The average Bonchev–Trinajstić information content (AvgIpc) is 2.82. The minimum absolute atomic E-state index is 0.0204. The number of phenols is 1. The van der Waals surface area contributed by atoms with Crippen molar-refractivity contribution in [2.24, 2.45) is 0 Å². The molecule has 0 bridgehead atoms. The molecule has 2 rings (SSSR count). The van der Waals surface area contributed by atoms with Gasteiger partial charge in [0.15, 0.2) is 0 Å². The molecule has 1 heterocycles. The number of nitrogens with zero attached hydrogens (tertiary/aromatic N) is 1. The Balaban J connectivity index is 2.04. The maximum absolute atomic E-state index is 11.9. The number of unbranched alkanes of at least 4 members (excludes halogenated alkanes) is 5. The van der Waals surface area contributed by atoms with Crippen molar-refractivity contribution < 1.29 is 14.7 Å². The molecule has 1 fully saturated rings. The lowest BCUT2D eigenvalue weighted by atomic mass is 10.0. The molecule has 1 N–H and O–H groups in total. The molecule has 1 saturated heterocycles. The number of carbonyl (C=O) groups excluding carboxylic acids is 2. The van der Waals surface area contributed by atoms with E-state index in [2.05, 4.69) is 6.92 Å². The predicted molar refractivity (Wildman–Crippen MR) is 86.9 cm³/mol. The summed E-state index contributed by atoms with van der Waals surface area (Å²) in [5.74, 6) is -0.404. The molecule has 0 spiro atoms. The van der Waals surface area contributed by atoms with Gasteiger partial charge in [0.05, 0.1) is 5.69 Å². The molecule has 0 radical (unpaired) electrons. The van der Waals surface area contributed by atoms with Gasteiger partial charge in [-0.2, -0.15) is 0 Å². The molecule has 0 aromatic heterocycles. The molecule has 0 atom stereocenters. The third-order valence-electron chi connectivity index (χ3n) is 4.17. The molecule has 120 valence electrons. The number of rotatable bonds is 8. The molecule has 0 aliphatic carbocycles. The Morgan fingerprint density at radius 3 is 2.32 bits per heavy atom. The van der Waals surface area contributed by atoms with Gasteiger partial charge in [0, 0.05) is 12.8 Å². The van der Waals surface area contributed by atoms with E-state index in [1.54, 1.807) is 12.1 Å². The van der Waals surface area contributed by atoms with E-state index in [-0.39, 0.29) is 30.4 Å². The van der Waals surface area contributed by atoms with Gasteiger partial charge in [-0.25, -0.2) is 4.90 Å². The molecule has 1 aromatic carbocycles. The van der Waals surface area contributed by atoms with Gasteiger partial charge in [-0.15, -0.1) is 0 Å². The van der Waals surface area contributed by atoms with Gasteiger partial charge in [0.1, 0.15) is 5.75 Å². The van der Waals surface area contributed by atoms with Crippen molar-refractivity contribution >= 4 is 17.5 Å².